The number of fused-ring (bicyclic) bond motifs is 1. The van der Waals surface area contributed by atoms with Crippen molar-refractivity contribution in [2.75, 3.05) is 18.0 Å². The first-order chi connectivity index (χ1) is 12.0. The molecule has 0 saturated carbocycles. The predicted octanol–water partition coefficient (Wildman–Crippen LogP) is 5.13. The quantitative estimate of drug-likeness (QED) is 0.587. The van der Waals surface area contributed by atoms with Crippen LogP contribution < -0.4 is 4.90 Å². The lowest BCUT2D eigenvalue weighted by atomic mass is 10.2. The zero-order valence-electron chi connectivity index (χ0n) is 13.9. The minimum Gasteiger partial charge on any atom is -0.370 e. The fraction of sp³-hybridized carbons (Fsp3) is 0.211. The minimum absolute atomic E-state index is 0.0663. The summed E-state index contributed by atoms with van der Waals surface area (Å²) < 4.78 is 30.2. The molecule has 25 heavy (non-hydrogen) atoms. The zero-order chi connectivity index (χ0) is 18.1. The van der Waals surface area contributed by atoms with E-state index in [1.807, 2.05) is 19.9 Å². The molecule has 130 valence electrons. The Morgan fingerprint density at radius 3 is 2.28 bits per heavy atom. The Labute approximate surface area is 149 Å². The fourth-order valence-electron chi connectivity index (χ4n) is 3.17. The van der Waals surface area contributed by atoms with Crippen LogP contribution in [0.3, 0.4) is 0 Å². The maximum Gasteiger partial charge on any atom is 0.271 e. The number of anilines is 1. The van der Waals surface area contributed by atoms with Gasteiger partial charge in [-0.25, -0.2) is 8.78 Å². The van der Waals surface area contributed by atoms with E-state index in [1.165, 1.54) is 6.07 Å². The van der Waals surface area contributed by atoms with Gasteiger partial charge in [-0.3, -0.25) is 4.79 Å². The Morgan fingerprint density at radius 1 is 1.08 bits per heavy atom. The summed E-state index contributed by atoms with van der Waals surface area (Å²) in [6, 6.07) is 11.6. The molecule has 0 radical (unpaired) electrons. The van der Waals surface area contributed by atoms with E-state index in [-0.39, 0.29) is 11.1 Å². The van der Waals surface area contributed by atoms with Gasteiger partial charge < -0.3 is 9.47 Å². The predicted molar refractivity (Wildman–Crippen MR) is 96.9 cm³/mol. The molecule has 0 aliphatic rings. The molecule has 3 rings (SSSR count). The van der Waals surface area contributed by atoms with Gasteiger partial charge >= 0.3 is 0 Å². The molecular formula is C19H17ClF2N2O. The number of rotatable bonds is 5. The lowest BCUT2D eigenvalue weighted by molar-refractivity contribution is 0.107. The van der Waals surface area contributed by atoms with Crippen molar-refractivity contribution >= 4 is 33.4 Å². The maximum atomic E-state index is 14.7. The van der Waals surface area contributed by atoms with Gasteiger partial charge in [0.2, 0.25) is 0 Å². The average molecular weight is 363 g/mol. The number of hydrogen-bond donors (Lipinski definition) is 0. The molecule has 0 aliphatic carbocycles. The van der Waals surface area contributed by atoms with Gasteiger partial charge in [-0.1, -0.05) is 18.2 Å². The highest BCUT2D eigenvalue weighted by atomic mass is 35.5. The summed E-state index contributed by atoms with van der Waals surface area (Å²) in [6.07, 6.45) is 0. The Hall–Kier alpha value is -2.40. The number of benzene rings is 2. The number of nitrogens with zero attached hydrogens (tertiary/aromatic N) is 2. The molecule has 1 aromatic heterocycles. The van der Waals surface area contributed by atoms with Crippen LogP contribution in [0.1, 0.15) is 24.3 Å². The molecule has 6 heteroatoms. The third kappa shape index (κ3) is 2.78. The fourth-order valence-corrected chi connectivity index (χ4v) is 3.34. The lowest BCUT2D eigenvalue weighted by Crippen LogP contribution is -2.24. The highest BCUT2D eigenvalue weighted by Gasteiger charge is 2.28. The standard InChI is InChI=1S/C19H17ClF2N2O/c1-3-23(4-2)17-15-14(11-10-13(21)16(15)22)24(18(17)19(20)25)12-8-6-5-7-9-12/h5-11H,3-4H2,1-2H3. The van der Waals surface area contributed by atoms with Crippen LogP contribution in [0.5, 0.6) is 0 Å². The number of para-hydroxylation sites is 1. The monoisotopic (exact) mass is 362 g/mol. The Bertz CT molecular complexity index is 934. The van der Waals surface area contributed by atoms with Gasteiger partial charge in [0.1, 0.15) is 5.69 Å². The van der Waals surface area contributed by atoms with E-state index in [1.54, 1.807) is 33.7 Å². The number of halogens is 3. The average Bonchev–Trinajstić information content (AvgIpc) is 2.96. The van der Waals surface area contributed by atoms with E-state index >= 15 is 0 Å². The highest BCUT2D eigenvalue weighted by Crippen LogP contribution is 2.39. The van der Waals surface area contributed by atoms with Crippen molar-refractivity contribution in [3.8, 4) is 5.69 Å². The molecule has 0 atom stereocenters. The summed E-state index contributed by atoms with van der Waals surface area (Å²) in [4.78, 5) is 14.1. The molecule has 2 aromatic carbocycles. The molecule has 0 unspecified atom stereocenters. The summed E-state index contributed by atoms with van der Waals surface area (Å²) in [5, 5.41) is -0.654. The maximum absolute atomic E-state index is 14.7. The van der Waals surface area contributed by atoms with Crippen LogP contribution in [0.25, 0.3) is 16.6 Å². The first-order valence-corrected chi connectivity index (χ1v) is 8.41. The zero-order valence-corrected chi connectivity index (χ0v) is 14.6. The van der Waals surface area contributed by atoms with E-state index in [0.29, 0.717) is 30.0 Å². The second kappa shape index (κ2) is 6.84. The number of carbonyl (C=O) groups excluding carboxylic acids is 1. The molecular weight excluding hydrogens is 346 g/mol. The van der Waals surface area contributed by atoms with E-state index in [2.05, 4.69) is 0 Å². The highest BCUT2D eigenvalue weighted by molar-refractivity contribution is 6.68. The molecule has 1 heterocycles. The van der Waals surface area contributed by atoms with Gasteiger partial charge in [-0.2, -0.15) is 0 Å². The van der Waals surface area contributed by atoms with Gasteiger partial charge in [0.15, 0.2) is 11.6 Å². The summed E-state index contributed by atoms with van der Waals surface area (Å²) >= 11 is 5.88. The van der Waals surface area contributed by atoms with Crippen molar-refractivity contribution in [2.24, 2.45) is 0 Å². The largest absolute Gasteiger partial charge is 0.370 e. The first kappa shape index (κ1) is 17.4. The van der Waals surface area contributed by atoms with Crippen molar-refractivity contribution in [1.29, 1.82) is 0 Å². The molecule has 0 bridgehead atoms. The van der Waals surface area contributed by atoms with Crippen molar-refractivity contribution in [3.05, 3.63) is 59.8 Å². The normalized spacial score (nSPS) is 11.1. The molecule has 0 spiro atoms. The van der Waals surface area contributed by atoms with Crippen LogP contribution in [0.4, 0.5) is 14.5 Å². The molecule has 0 amide bonds. The van der Waals surface area contributed by atoms with Crippen LogP contribution in [0.15, 0.2) is 42.5 Å². The Kier molecular flexibility index (Phi) is 4.77. The van der Waals surface area contributed by atoms with Gasteiger partial charge in [-0.05, 0) is 49.7 Å². The SMILES string of the molecule is CCN(CC)c1c(C(=O)Cl)n(-c2ccccc2)c2ccc(F)c(F)c12. The van der Waals surface area contributed by atoms with E-state index in [0.717, 1.165) is 6.07 Å². The lowest BCUT2D eigenvalue weighted by Gasteiger charge is -2.22. The first-order valence-electron chi connectivity index (χ1n) is 8.03. The molecule has 3 nitrogen and oxygen atoms in total. The van der Waals surface area contributed by atoms with Crippen LogP contribution in [0, 0.1) is 11.6 Å². The van der Waals surface area contributed by atoms with Gasteiger partial charge in [-0.15, -0.1) is 0 Å². The van der Waals surface area contributed by atoms with Gasteiger partial charge in [0.05, 0.1) is 16.6 Å². The second-order valence-electron chi connectivity index (χ2n) is 5.57. The van der Waals surface area contributed by atoms with Crippen molar-refractivity contribution < 1.29 is 13.6 Å². The van der Waals surface area contributed by atoms with Crippen molar-refractivity contribution in [2.45, 2.75) is 13.8 Å². The van der Waals surface area contributed by atoms with Gasteiger partial charge in [0.25, 0.3) is 5.24 Å². The van der Waals surface area contributed by atoms with Crippen LogP contribution in [-0.4, -0.2) is 22.9 Å². The third-order valence-corrected chi connectivity index (χ3v) is 4.46. The molecule has 0 aliphatic heterocycles. The molecule has 0 N–H and O–H groups in total. The van der Waals surface area contributed by atoms with Crippen molar-refractivity contribution in [1.82, 2.24) is 4.57 Å². The second-order valence-corrected chi connectivity index (χ2v) is 5.91. The van der Waals surface area contributed by atoms with Crippen molar-refractivity contribution in [3.63, 3.8) is 0 Å². The topological polar surface area (TPSA) is 25.2 Å². The number of aromatic nitrogens is 1. The Balaban J connectivity index is 2.53. The van der Waals surface area contributed by atoms with Crippen LogP contribution >= 0.6 is 11.6 Å². The van der Waals surface area contributed by atoms with Crippen LogP contribution in [-0.2, 0) is 0 Å². The molecule has 0 fully saturated rings. The summed E-state index contributed by atoms with van der Waals surface area (Å²) in [5.41, 5.74) is 1.51. The van der Waals surface area contributed by atoms with Gasteiger partial charge in [0, 0.05) is 18.8 Å². The molecule has 0 saturated heterocycles. The third-order valence-electron chi connectivity index (χ3n) is 4.28. The Morgan fingerprint density at radius 2 is 1.72 bits per heavy atom. The number of carbonyl (C=O) groups is 1. The smallest absolute Gasteiger partial charge is 0.271 e. The van der Waals surface area contributed by atoms with Crippen LogP contribution in [0.2, 0.25) is 0 Å². The summed E-state index contributed by atoms with van der Waals surface area (Å²) in [6.45, 7) is 4.82. The number of hydrogen-bond acceptors (Lipinski definition) is 2. The van der Waals surface area contributed by atoms with E-state index in [4.69, 9.17) is 11.6 Å². The summed E-state index contributed by atoms with van der Waals surface area (Å²) in [5.74, 6) is -1.94. The molecule has 3 aromatic rings. The summed E-state index contributed by atoms with van der Waals surface area (Å²) in [7, 11) is 0. The minimum atomic E-state index is -0.978. The van der Waals surface area contributed by atoms with E-state index in [9.17, 15) is 13.6 Å². The van der Waals surface area contributed by atoms with E-state index < -0.39 is 16.9 Å².